The van der Waals surface area contributed by atoms with Crippen molar-refractivity contribution in [1.29, 1.82) is 0 Å². The van der Waals surface area contributed by atoms with Crippen LogP contribution in [0.1, 0.15) is 54.9 Å². The number of carboxylic acid groups (broad SMARTS) is 1. The summed E-state index contributed by atoms with van der Waals surface area (Å²) in [5.74, 6) is -1.98. The zero-order valence-corrected chi connectivity index (χ0v) is 13.1. The molecular weight excluding hydrogens is 242 g/mol. The molecule has 2 atom stereocenters. The normalized spacial score (nSPS) is 25.8. The fourth-order valence-electron chi connectivity index (χ4n) is 3.37. The standard InChI is InChI=1S/C15H27NO3/c1-13(2,3)8-14(4,5)16-11(17)9-10(12(18)19)15(9,6)7/h9-10H,8H2,1-7H3,(H,16,17)(H,18,19). The van der Waals surface area contributed by atoms with Gasteiger partial charge >= 0.3 is 5.97 Å². The van der Waals surface area contributed by atoms with Crippen molar-refractivity contribution in [3.63, 3.8) is 0 Å². The third-order valence-corrected chi connectivity index (χ3v) is 3.81. The van der Waals surface area contributed by atoms with E-state index in [9.17, 15) is 9.59 Å². The van der Waals surface area contributed by atoms with Crippen molar-refractivity contribution < 1.29 is 14.7 Å². The van der Waals surface area contributed by atoms with Crippen molar-refractivity contribution in [1.82, 2.24) is 5.32 Å². The van der Waals surface area contributed by atoms with E-state index >= 15 is 0 Å². The zero-order chi connectivity index (χ0) is 15.2. The Morgan fingerprint density at radius 1 is 1.11 bits per heavy atom. The molecule has 0 aromatic heterocycles. The van der Waals surface area contributed by atoms with Crippen LogP contribution in [-0.2, 0) is 9.59 Å². The first-order chi connectivity index (χ1) is 8.28. The van der Waals surface area contributed by atoms with Gasteiger partial charge in [-0.25, -0.2) is 0 Å². The minimum atomic E-state index is -0.876. The lowest BCUT2D eigenvalue weighted by atomic mass is 9.81. The van der Waals surface area contributed by atoms with Crippen molar-refractivity contribution in [3.05, 3.63) is 0 Å². The Labute approximate surface area is 116 Å². The molecule has 1 aliphatic carbocycles. The lowest BCUT2D eigenvalue weighted by molar-refractivity contribution is -0.140. The number of aliphatic carboxylic acids is 1. The molecule has 4 nitrogen and oxygen atoms in total. The molecule has 0 spiro atoms. The summed E-state index contributed by atoms with van der Waals surface area (Å²) in [5, 5.41) is 12.1. The lowest BCUT2D eigenvalue weighted by Crippen LogP contribution is -2.47. The van der Waals surface area contributed by atoms with Crippen molar-refractivity contribution in [2.75, 3.05) is 0 Å². The molecule has 1 saturated carbocycles. The molecule has 0 radical (unpaired) electrons. The summed E-state index contributed by atoms with van der Waals surface area (Å²) >= 11 is 0. The highest BCUT2D eigenvalue weighted by Gasteiger charge is 2.66. The number of nitrogens with one attached hydrogen (secondary N) is 1. The first-order valence-corrected chi connectivity index (χ1v) is 6.83. The highest BCUT2D eigenvalue weighted by Crippen LogP contribution is 2.58. The van der Waals surface area contributed by atoms with Gasteiger partial charge < -0.3 is 10.4 Å². The predicted octanol–water partition coefficient (Wildman–Crippen LogP) is 2.67. The highest BCUT2D eigenvalue weighted by atomic mass is 16.4. The van der Waals surface area contributed by atoms with E-state index in [1.165, 1.54) is 0 Å². The summed E-state index contributed by atoms with van der Waals surface area (Å²) in [6.45, 7) is 14.0. The van der Waals surface area contributed by atoms with Crippen molar-refractivity contribution in [3.8, 4) is 0 Å². The van der Waals surface area contributed by atoms with Gasteiger partial charge in [-0.2, -0.15) is 0 Å². The number of hydrogen-bond donors (Lipinski definition) is 2. The molecular formula is C15H27NO3. The minimum absolute atomic E-state index is 0.113. The topological polar surface area (TPSA) is 66.4 Å². The summed E-state index contributed by atoms with van der Waals surface area (Å²) in [5.41, 5.74) is -0.646. The van der Waals surface area contributed by atoms with Crippen molar-refractivity contribution in [2.24, 2.45) is 22.7 Å². The van der Waals surface area contributed by atoms with E-state index in [1.54, 1.807) is 0 Å². The van der Waals surface area contributed by atoms with E-state index in [2.05, 4.69) is 26.1 Å². The molecule has 0 aromatic carbocycles. The van der Waals surface area contributed by atoms with E-state index < -0.39 is 23.2 Å². The molecule has 1 fully saturated rings. The van der Waals surface area contributed by atoms with Crippen LogP contribution in [0.2, 0.25) is 0 Å². The number of carboxylic acids is 1. The molecule has 19 heavy (non-hydrogen) atoms. The number of amides is 1. The highest BCUT2D eigenvalue weighted by molar-refractivity contribution is 5.91. The van der Waals surface area contributed by atoms with Gasteiger partial charge in [-0.15, -0.1) is 0 Å². The lowest BCUT2D eigenvalue weighted by Gasteiger charge is -2.33. The fraction of sp³-hybridized carbons (Fsp3) is 0.867. The third-order valence-electron chi connectivity index (χ3n) is 3.81. The number of hydrogen-bond acceptors (Lipinski definition) is 2. The molecule has 1 amide bonds. The van der Waals surface area contributed by atoms with Crippen molar-refractivity contribution in [2.45, 2.75) is 60.4 Å². The van der Waals surface area contributed by atoms with Crippen LogP contribution in [0.4, 0.5) is 0 Å². The summed E-state index contributed by atoms with van der Waals surface area (Å²) in [7, 11) is 0. The maximum absolute atomic E-state index is 12.3. The third kappa shape index (κ3) is 3.71. The first-order valence-electron chi connectivity index (χ1n) is 6.83. The quantitative estimate of drug-likeness (QED) is 0.824. The van der Waals surface area contributed by atoms with Crippen LogP contribution in [0.5, 0.6) is 0 Å². The molecule has 0 saturated heterocycles. The number of carbonyl (C=O) groups is 2. The van der Waals surface area contributed by atoms with Gasteiger partial charge in [-0.1, -0.05) is 34.6 Å². The van der Waals surface area contributed by atoms with Gasteiger partial charge in [0, 0.05) is 5.54 Å². The second-order valence-corrected chi connectivity index (χ2v) is 8.23. The molecule has 2 N–H and O–H groups in total. The number of carbonyl (C=O) groups excluding carboxylic acids is 1. The minimum Gasteiger partial charge on any atom is -0.481 e. The average Bonchev–Trinajstić information content (AvgIpc) is 2.62. The molecule has 1 rings (SSSR count). The molecule has 0 aliphatic heterocycles. The molecule has 2 unspecified atom stereocenters. The van der Waals surface area contributed by atoms with E-state index in [4.69, 9.17) is 5.11 Å². The second kappa shape index (κ2) is 4.50. The summed E-state index contributed by atoms with van der Waals surface area (Å²) in [6.07, 6.45) is 0.844. The molecule has 0 heterocycles. The Bertz CT molecular complexity index is 391. The van der Waals surface area contributed by atoms with Crippen LogP contribution >= 0.6 is 0 Å². The Kier molecular flexibility index (Phi) is 3.79. The van der Waals surface area contributed by atoms with Gasteiger partial charge in [0.25, 0.3) is 0 Å². The molecule has 0 aromatic rings. The van der Waals surface area contributed by atoms with Crippen LogP contribution in [0.25, 0.3) is 0 Å². The summed E-state index contributed by atoms with van der Waals surface area (Å²) in [4.78, 5) is 23.4. The van der Waals surface area contributed by atoms with Gasteiger partial charge in [-0.05, 0) is 31.1 Å². The second-order valence-electron chi connectivity index (χ2n) is 8.23. The van der Waals surface area contributed by atoms with E-state index in [1.807, 2.05) is 27.7 Å². The van der Waals surface area contributed by atoms with Gasteiger partial charge in [0.05, 0.1) is 11.8 Å². The SMILES string of the molecule is CC(C)(C)CC(C)(C)NC(=O)C1C(C(=O)O)C1(C)C. The smallest absolute Gasteiger partial charge is 0.307 e. The predicted molar refractivity (Wildman–Crippen MR) is 74.7 cm³/mol. The molecule has 4 heteroatoms. The van der Waals surface area contributed by atoms with Crippen molar-refractivity contribution >= 4 is 11.9 Å². The van der Waals surface area contributed by atoms with Crippen LogP contribution < -0.4 is 5.32 Å². The van der Waals surface area contributed by atoms with Gasteiger partial charge in [-0.3, -0.25) is 9.59 Å². The van der Waals surface area contributed by atoms with E-state index in [0.717, 1.165) is 6.42 Å². The Morgan fingerprint density at radius 2 is 1.58 bits per heavy atom. The Balaban J connectivity index is 2.69. The summed E-state index contributed by atoms with van der Waals surface area (Å²) in [6, 6.07) is 0. The number of rotatable bonds is 4. The molecule has 110 valence electrons. The van der Waals surface area contributed by atoms with Gasteiger partial charge in [0.2, 0.25) is 5.91 Å². The molecule has 1 aliphatic rings. The first kappa shape index (κ1) is 16.0. The van der Waals surface area contributed by atoms with E-state index in [-0.39, 0.29) is 16.9 Å². The zero-order valence-electron chi connectivity index (χ0n) is 13.1. The largest absolute Gasteiger partial charge is 0.481 e. The Hall–Kier alpha value is -1.06. The maximum atomic E-state index is 12.3. The maximum Gasteiger partial charge on any atom is 0.307 e. The monoisotopic (exact) mass is 269 g/mol. The average molecular weight is 269 g/mol. The van der Waals surface area contributed by atoms with Crippen LogP contribution in [-0.4, -0.2) is 22.5 Å². The van der Waals surface area contributed by atoms with Crippen LogP contribution in [0.3, 0.4) is 0 Å². The van der Waals surface area contributed by atoms with Crippen LogP contribution in [0.15, 0.2) is 0 Å². The fourth-order valence-corrected chi connectivity index (χ4v) is 3.37. The van der Waals surface area contributed by atoms with E-state index in [0.29, 0.717) is 0 Å². The summed E-state index contributed by atoms with van der Waals surface area (Å²) < 4.78 is 0. The molecule has 0 bridgehead atoms. The Morgan fingerprint density at radius 3 is 1.89 bits per heavy atom. The van der Waals surface area contributed by atoms with Gasteiger partial charge in [0.1, 0.15) is 0 Å². The van der Waals surface area contributed by atoms with Gasteiger partial charge in [0.15, 0.2) is 0 Å². The van der Waals surface area contributed by atoms with Crippen LogP contribution in [0, 0.1) is 22.7 Å².